The summed E-state index contributed by atoms with van der Waals surface area (Å²) in [5.74, 6) is 1.48. The van der Waals surface area contributed by atoms with Gasteiger partial charge in [0.2, 0.25) is 0 Å². The standard InChI is InChI=1S/C20H19NO5S/c1-4-26-15-8-6-14(7-9-15)21-19(22)18(27-20(21)23)12-13-5-10-16(24-2)17(11-13)25-3/h5-12H,4H2,1-3H3/b18-12-. The number of thioether (sulfide) groups is 1. The van der Waals surface area contributed by atoms with Gasteiger partial charge in [-0.2, -0.15) is 0 Å². The second kappa shape index (κ2) is 8.18. The van der Waals surface area contributed by atoms with Crippen LogP contribution < -0.4 is 19.1 Å². The van der Waals surface area contributed by atoms with Crippen molar-refractivity contribution < 1.29 is 23.8 Å². The number of hydrogen-bond acceptors (Lipinski definition) is 6. The first-order valence-corrected chi connectivity index (χ1v) is 9.12. The summed E-state index contributed by atoms with van der Waals surface area (Å²) in [4.78, 5) is 26.6. The molecule has 2 aromatic rings. The molecule has 140 valence electrons. The van der Waals surface area contributed by atoms with Gasteiger partial charge in [0.1, 0.15) is 5.75 Å². The highest BCUT2D eigenvalue weighted by Gasteiger charge is 2.36. The molecule has 1 heterocycles. The normalized spacial score (nSPS) is 15.4. The monoisotopic (exact) mass is 385 g/mol. The summed E-state index contributed by atoms with van der Waals surface area (Å²) in [5.41, 5.74) is 1.25. The minimum atomic E-state index is -0.357. The molecule has 0 unspecified atom stereocenters. The van der Waals surface area contributed by atoms with E-state index in [4.69, 9.17) is 14.2 Å². The molecule has 1 aliphatic rings. The molecule has 1 saturated heterocycles. The second-order valence-electron chi connectivity index (χ2n) is 5.56. The van der Waals surface area contributed by atoms with Gasteiger partial charge in [-0.3, -0.25) is 9.59 Å². The van der Waals surface area contributed by atoms with E-state index in [9.17, 15) is 9.59 Å². The smallest absolute Gasteiger partial charge is 0.298 e. The van der Waals surface area contributed by atoms with E-state index in [1.54, 1.807) is 62.8 Å². The molecule has 0 saturated carbocycles. The average molecular weight is 385 g/mol. The zero-order valence-electron chi connectivity index (χ0n) is 15.2. The van der Waals surface area contributed by atoms with E-state index in [2.05, 4.69) is 0 Å². The van der Waals surface area contributed by atoms with Crippen molar-refractivity contribution in [1.29, 1.82) is 0 Å². The lowest BCUT2D eigenvalue weighted by atomic mass is 10.2. The predicted molar refractivity (Wildman–Crippen MR) is 106 cm³/mol. The quantitative estimate of drug-likeness (QED) is 0.689. The Kier molecular flexibility index (Phi) is 5.71. The first kappa shape index (κ1) is 18.8. The van der Waals surface area contributed by atoms with Crippen LogP contribution in [0.1, 0.15) is 12.5 Å². The summed E-state index contributed by atoms with van der Waals surface area (Å²) in [7, 11) is 3.10. The van der Waals surface area contributed by atoms with Gasteiger partial charge in [-0.05, 0) is 66.7 Å². The van der Waals surface area contributed by atoms with Gasteiger partial charge in [0.05, 0.1) is 31.4 Å². The number of ether oxygens (including phenoxy) is 3. The number of benzene rings is 2. The molecule has 7 heteroatoms. The predicted octanol–water partition coefficient (Wildman–Crippen LogP) is 4.34. The molecule has 0 N–H and O–H groups in total. The largest absolute Gasteiger partial charge is 0.494 e. The number of imide groups is 1. The Morgan fingerprint density at radius 1 is 1.00 bits per heavy atom. The molecular weight excluding hydrogens is 366 g/mol. The van der Waals surface area contributed by atoms with Crippen LogP contribution in [0.25, 0.3) is 6.08 Å². The van der Waals surface area contributed by atoms with E-state index in [0.29, 0.717) is 34.4 Å². The molecule has 0 radical (unpaired) electrons. The highest BCUT2D eigenvalue weighted by atomic mass is 32.2. The van der Waals surface area contributed by atoms with E-state index in [-0.39, 0.29) is 11.1 Å². The molecular formula is C20H19NO5S. The number of hydrogen-bond donors (Lipinski definition) is 0. The number of amides is 2. The summed E-state index contributed by atoms with van der Waals surface area (Å²) >= 11 is 0.905. The number of methoxy groups -OCH3 is 2. The maximum absolute atomic E-state index is 12.7. The third kappa shape index (κ3) is 3.93. The van der Waals surface area contributed by atoms with Gasteiger partial charge < -0.3 is 14.2 Å². The van der Waals surface area contributed by atoms with Crippen LogP contribution in [0.5, 0.6) is 17.2 Å². The topological polar surface area (TPSA) is 65.1 Å². The van der Waals surface area contributed by atoms with Crippen LogP contribution in [0, 0.1) is 0 Å². The highest BCUT2D eigenvalue weighted by Crippen LogP contribution is 2.37. The first-order chi connectivity index (χ1) is 13.1. The van der Waals surface area contributed by atoms with Gasteiger partial charge in [-0.25, -0.2) is 4.90 Å². The molecule has 27 heavy (non-hydrogen) atoms. The zero-order chi connectivity index (χ0) is 19.4. The first-order valence-electron chi connectivity index (χ1n) is 8.30. The fourth-order valence-corrected chi connectivity index (χ4v) is 3.48. The van der Waals surface area contributed by atoms with Crippen molar-refractivity contribution in [2.45, 2.75) is 6.92 Å². The van der Waals surface area contributed by atoms with Crippen molar-refractivity contribution >= 4 is 34.7 Å². The van der Waals surface area contributed by atoms with Crippen molar-refractivity contribution in [3.8, 4) is 17.2 Å². The number of nitrogens with zero attached hydrogens (tertiary/aromatic N) is 1. The second-order valence-corrected chi connectivity index (χ2v) is 6.55. The van der Waals surface area contributed by atoms with Crippen molar-refractivity contribution in [2.24, 2.45) is 0 Å². The molecule has 2 aromatic carbocycles. The fourth-order valence-electron chi connectivity index (χ4n) is 2.64. The SMILES string of the molecule is CCOc1ccc(N2C(=O)S/C(=C\c3ccc(OC)c(OC)c3)C2=O)cc1. The summed E-state index contributed by atoms with van der Waals surface area (Å²) < 4.78 is 15.9. The summed E-state index contributed by atoms with van der Waals surface area (Å²) in [5, 5.41) is -0.337. The lowest BCUT2D eigenvalue weighted by Gasteiger charge is -2.13. The molecule has 0 aliphatic carbocycles. The van der Waals surface area contributed by atoms with Crippen molar-refractivity contribution in [3.63, 3.8) is 0 Å². The van der Waals surface area contributed by atoms with Crippen molar-refractivity contribution in [3.05, 3.63) is 52.9 Å². The van der Waals surface area contributed by atoms with E-state index < -0.39 is 0 Å². The highest BCUT2D eigenvalue weighted by molar-refractivity contribution is 8.19. The molecule has 0 atom stereocenters. The fraction of sp³-hybridized carbons (Fsp3) is 0.200. The van der Waals surface area contributed by atoms with Crippen LogP contribution >= 0.6 is 11.8 Å². The minimum absolute atomic E-state index is 0.337. The van der Waals surface area contributed by atoms with Crippen LogP contribution in [-0.4, -0.2) is 32.0 Å². The lowest BCUT2D eigenvalue weighted by molar-refractivity contribution is -0.113. The minimum Gasteiger partial charge on any atom is -0.494 e. The van der Waals surface area contributed by atoms with Gasteiger partial charge in [-0.15, -0.1) is 0 Å². The van der Waals surface area contributed by atoms with Crippen molar-refractivity contribution in [1.82, 2.24) is 0 Å². The third-order valence-electron chi connectivity index (χ3n) is 3.90. The Balaban J connectivity index is 1.86. The Morgan fingerprint density at radius 3 is 2.33 bits per heavy atom. The van der Waals surface area contributed by atoms with Crippen LogP contribution in [0.4, 0.5) is 10.5 Å². The molecule has 0 aromatic heterocycles. The van der Waals surface area contributed by atoms with Gasteiger partial charge >= 0.3 is 0 Å². The maximum atomic E-state index is 12.7. The number of carbonyl (C=O) groups is 2. The summed E-state index contributed by atoms with van der Waals surface area (Å²) in [6.45, 7) is 2.44. The van der Waals surface area contributed by atoms with Gasteiger partial charge in [0.25, 0.3) is 11.1 Å². The Bertz CT molecular complexity index is 892. The van der Waals surface area contributed by atoms with E-state index in [0.717, 1.165) is 22.2 Å². The molecule has 0 spiro atoms. The van der Waals surface area contributed by atoms with E-state index in [1.165, 1.54) is 0 Å². The maximum Gasteiger partial charge on any atom is 0.298 e. The van der Waals surface area contributed by atoms with E-state index >= 15 is 0 Å². The molecule has 6 nitrogen and oxygen atoms in total. The Hall–Kier alpha value is -2.93. The Morgan fingerprint density at radius 2 is 1.70 bits per heavy atom. The van der Waals surface area contributed by atoms with Crippen LogP contribution in [-0.2, 0) is 4.79 Å². The molecule has 1 fully saturated rings. The van der Waals surface area contributed by atoms with Gasteiger partial charge in [0, 0.05) is 0 Å². The summed E-state index contributed by atoms with van der Waals surface area (Å²) in [6, 6.07) is 12.2. The van der Waals surface area contributed by atoms with E-state index in [1.807, 2.05) is 6.92 Å². The summed E-state index contributed by atoms with van der Waals surface area (Å²) in [6.07, 6.45) is 1.67. The lowest BCUT2D eigenvalue weighted by Crippen LogP contribution is -2.27. The van der Waals surface area contributed by atoms with Crippen LogP contribution in [0.2, 0.25) is 0 Å². The average Bonchev–Trinajstić information content (AvgIpc) is 2.96. The molecule has 3 rings (SSSR count). The number of rotatable bonds is 6. The van der Waals surface area contributed by atoms with Crippen molar-refractivity contribution in [2.75, 3.05) is 25.7 Å². The number of anilines is 1. The van der Waals surface area contributed by atoms with Crippen LogP contribution in [0.3, 0.4) is 0 Å². The zero-order valence-corrected chi connectivity index (χ0v) is 16.0. The van der Waals surface area contributed by atoms with Gasteiger partial charge in [-0.1, -0.05) is 6.07 Å². The molecule has 0 bridgehead atoms. The van der Waals surface area contributed by atoms with Crippen LogP contribution in [0.15, 0.2) is 47.4 Å². The Labute approximate surface area is 161 Å². The third-order valence-corrected chi connectivity index (χ3v) is 4.77. The van der Waals surface area contributed by atoms with Gasteiger partial charge in [0.15, 0.2) is 11.5 Å². The number of carbonyl (C=O) groups excluding carboxylic acids is 2. The molecule has 2 amide bonds. The molecule has 1 aliphatic heterocycles.